The summed E-state index contributed by atoms with van der Waals surface area (Å²) in [5, 5.41) is 11.7. The van der Waals surface area contributed by atoms with Crippen molar-refractivity contribution in [1.82, 2.24) is 5.32 Å². The second-order valence-corrected chi connectivity index (χ2v) is 3.43. The Hall–Kier alpha value is -0.610. The summed E-state index contributed by atoms with van der Waals surface area (Å²) in [6.45, 7) is 2.92. The van der Waals surface area contributed by atoms with Crippen LogP contribution >= 0.6 is 0 Å². The van der Waals surface area contributed by atoms with Crippen molar-refractivity contribution in [3.8, 4) is 0 Å². The van der Waals surface area contributed by atoms with Gasteiger partial charge in [-0.05, 0) is 26.2 Å². The zero-order valence-corrected chi connectivity index (χ0v) is 7.95. The largest absolute Gasteiger partial charge is 0.393 e. The van der Waals surface area contributed by atoms with Crippen LogP contribution in [0.15, 0.2) is 0 Å². The van der Waals surface area contributed by atoms with Crippen molar-refractivity contribution >= 4 is 5.91 Å². The summed E-state index contributed by atoms with van der Waals surface area (Å²) in [6.07, 6.45) is 1.77. The van der Waals surface area contributed by atoms with Gasteiger partial charge in [-0.3, -0.25) is 4.79 Å². The summed E-state index contributed by atoms with van der Waals surface area (Å²) in [5.41, 5.74) is 0. The molecule has 0 aromatic rings. The first-order chi connectivity index (χ1) is 6.20. The van der Waals surface area contributed by atoms with Gasteiger partial charge in [0.2, 0.25) is 5.91 Å². The van der Waals surface area contributed by atoms with Crippen molar-refractivity contribution in [2.24, 2.45) is 0 Å². The molecule has 0 spiro atoms. The molecule has 2 atom stereocenters. The topological polar surface area (TPSA) is 58.6 Å². The van der Waals surface area contributed by atoms with Crippen LogP contribution in [-0.2, 0) is 9.53 Å². The molecule has 2 N–H and O–H groups in total. The molecule has 1 aliphatic heterocycles. The zero-order valence-electron chi connectivity index (χ0n) is 7.95. The molecule has 0 aromatic heterocycles. The number of ether oxygens (including phenoxy) is 1. The maximum absolute atomic E-state index is 11.3. The predicted octanol–water partition coefficient (Wildman–Crippen LogP) is 0.0525. The van der Waals surface area contributed by atoms with E-state index in [1.54, 1.807) is 6.92 Å². The average Bonchev–Trinajstić information content (AvgIpc) is 2.55. The van der Waals surface area contributed by atoms with Crippen LogP contribution in [0.2, 0.25) is 0 Å². The van der Waals surface area contributed by atoms with E-state index in [0.717, 1.165) is 12.8 Å². The minimum atomic E-state index is -0.357. The molecular formula is C9H17NO3. The number of nitrogens with one attached hydrogen (secondary N) is 1. The van der Waals surface area contributed by atoms with E-state index in [1.807, 2.05) is 0 Å². The molecule has 76 valence electrons. The molecule has 1 rings (SSSR count). The maximum Gasteiger partial charge on any atom is 0.249 e. The molecule has 1 unspecified atom stereocenters. The highest BCUT2D eigenvalue weighted by Gasteiger charge is 2.22. The molecule has 13 heavy (non-hydrogen) atoms. The molecule has 4 heteroatoms. The Bertz CT molecular complexity index is 164. The molecule has 1 saturated heterocycles. The first kappa shape index (κ1) is 10.5. The Balaban J connectivity index is 2.10. The minimum Gasteiger partial charge on any atom is -0.393 e. The van der Waals surface area contributed by atoms with Crippen LogP contribution in [0.1, 0.15) is 26.2 Å². The van der Waals surface area contributed by atoms with Crippen molar-refractivity contribution in [2.45, 2.75) is 38.4 Å². The number of aliphatic hydroxyl groups is 1. The summed E-state index contributed by atoms with van der Waals surface area (Å²) in [4.78, 5) is 11.3. The van der Waals surface area contributed by atoms with Crippen LogP contribution in [0.3, 0.4) is 0 Å². The van der Waals surface area contributed by atoms with E-state index in [-0.39, 0.29) is 18.1 Å². The van der Waals surface area contributed by atoms with Crippen molar-refractivity contribution in [1.29, 1.82) is 0 Å². The molecule has 4 nitrogen and oxygen atoms in total. The predicted molar refractivity (Wildman–Crippen MR) is 48.3 cm³/mol. The number of aliphatic hydroxyl groups excluding tert-OH is 1. The third-order valence-corrected chi connectivity index (χ3v) is 2.08. The van der Waals surface area contributed by atoms with Crippen LogP contribution in [0.4, 0.5) is 0 Å². The molecule has 0 aromatic carbocycles. The second-order valence-electron chi connectivity index (χ2n) is 3.43. The normalized spacial score (nSPS) is 24.3. The van der Waals surface area contributed by atoms with Crippen LogP contribution in [0.25, 0.3) is 0 Å². The highest BCUT2D eigenvalue weighted by Crippen LogP contribution is 2.11. The van der Waals surface area contributed by atoms with Gasteiger partial charge in [-0.2, -0.15) is 0 Å². The number of rotatable bonds is 4. The van der Waals surface area contributed by atoms with Crippen LogP contribution < -0.4 is 5.32 Å². The lowest BCUT2D eigenvalue weighted by Crippen LogP contribution is -2.35. The standard InChI is InChI=1S/C9H17NO3/c1-7(11)4-5-10-9(12)8-3-2-6-13-8/h7-8,11H,2-6H2,1H3,(H,10,12)/t7?,8-/m1/s1. The van der Waals surface area contributed by atoms with Gasteiger partial charge in [-0.25, -0.2) is 0 Å². The van der Waals surface area contributed by atoms with Gasteiger partial charge in [0.25, 0.3) is 0 Å². The maximum atomic E-state index is 11.3. The third-order valence-electron chi connectivity index (χ3n) is 2.08. The van der Waals surface area contributed by atoms with Crippen molar-refractivity contribution < 1.29 is 14.6 Å². The Kier molecular flexibility index (Phi) is 4.18. The number of carbonyl (C=O) groups excluding carboxylic acids is 1. The molecule has 0 bridgehead atoms. The molecule has 1 heterocycles. The van der Waals surface area contributed by atoms with Crippen molar-refractivity contribution in [3.63, 3.8) is 0 Å². The van der Waals surface area contributed by atoms with Gasteiger partial charge in [0.1, 0.15) is 6.10 Å². The van der Waals surface area contributed by atoms with E-state index in [4.69, 9.17) is 9.84 Å². The van der Waals surface area contributed by atoms with Gasteiger partial charge in [0, 0.05) is 13.2 Å². The molecular weight excluding hydrogens is 170 g/mol. The molecule has 1 aliphatic rings. The van der Waals surface area contributed by atoms with E-state index in [9.17, 15) is 4.79 Å². The van der Waals surface area contributed by atoms with Gasteiger partial charge < -0.3 is 15.2 Å². The van der Waals surface area contributed by atoms with Crippen LogP contribution in [0.5, 0.6) is 0 Å². The smallest absolute Gasteiger partial charge is 0.249 e. The number of hydrogen-bond acceptors (Lipinski definition) is 3. The zero-order chi connectivity index (χ0) is 9.68. The van der Waals surface area contributed by atoms with Crippen LogP contribution in [-0.4, -0.2) is 36.4 Å². The molecule has 0 aliphatic carbocycles. The fraction of sp³-hybridized carbons (Fsp3) is 0.889. The van der Waals surface area contributed by atoms with Gasteiger partial charge in [0.15, 0.2) is 0 Å². The molecule has 0 saturated carbocycles. The van der Waals surface area contributed by atoms with Crippen molar-refractivity contribution in [3.05, 3.63) is 0 Å². The Labute approximate surface area is 78.3 Å². The number of carbonyl (C=O) groups is 1. The summed E-state index contributed by atoms with van der Waals surface area (Å²) >= 11 is 0. The molecule has 0 radical (unpaired) electrons. The monoisotopic (exact) mass is 187 g/mol. The van der Waals surface area contributed by atoms with E-state index in [1.165, 1.54) is 0 Å². The van der Waals surface area contributed by atoms with Gasteiger partial charge >= 0.3 is 0 Å². The molecule has 1 amide bonds. The first-order valence-corrected chi connectivity index (χ1v) is 4.77. The molecule has 1 fully saturated rings. The lowest BCUT2D eigenvalue weighted by molar-refractivity contribution is -0.130. The van der Waals surface area contributed by atoms with Crippen LogP contribution in [0, 0.1) is 0 Å². The van der Waals surface area contributed by atoms with E-state index < -0.39 is 0 Å². The van der Waals surface area contributed by atoms with Gasteiger partial charge in [-0.1, -0.05) is 0 Å². The third kappa shape index (κ3) is 3.74. The fourth-order valence-corrected chi connectivity index (χ4v) is 1.30. The van der Waals surface area contributed by atoms with E-state index in [2.05, 4.69) is 5.32 Å². The SMILES string of the molecule is CC(O)CCNC(=O)[C@H]1CCCO1. The van der Waals surface area contributed by atoms with Crippen molar-refractivity contribution in [2.75, 3.05) is 13.2 Å². The van der Waals surface area contributed by atoms with Gasteiger partial charge in [-0.15, -0.1) is 0 Å². The lowest BCUT2D eigenvalue weighted by Gasteiger charge is -2.10. The Morgan fingerprint density at radius 3 is 3.08 bits per heavy atom. The van der Waals surface area contributed by atoms with E-state index >= 15 is 0 Å². The summed E-state index contributed by atoms with van der Waals surface area (Å²) < 4.78 is 5.20. The van der Waals surface area contributed by atoms with E-state index in [0.29, 0.717) is 19.6 Å². The Morgan fingerprint density at radius 1 is 1.77 bits per heavy atom. The average molecular weight is 187 g/mol. The summed E-state index contributed by atoms with van der Waals surface area (Å²) in [6, 6.07) is 0. The fourth-order valence-electron chi connectivity index (χ4n) is 1.30. The Morgan fingerprint density at radius 2 is 2.54 bits per heavy atom. The highest BCUT2D eigenvalue weighted by atomic mass is 16.5. The number of hydrogen-bond donors (Lipinski definition) is 2. The lowest BCUT2D eigenvalue weighted by atomic mass is 10.2. The van der Waals surface area contributed by atoms with Gasteiger partial charge in [0.05, 0.1) is 6.10 Å². The number of amides is 1. The second kappa shape index (κ2) is 5.19. The first-order valence-electron chi connectivity index (χ1n) is 4.77. The highest BCUT2D eigenvalue weighted by molar-refractivity contribution is 5.80. The summed E-state index contributed by atoms with van der Waals surface area (Å²) in [7, 11) is 0. The minimum absolute atomic E-state index is 0.0434. The summed E-state index contributed by atoms with van der Waals surface area (Å²) in [5.74, 6) is -0.0434. The quantitative estimate of drug-likeness (QED) is 0.654.